The van der Waals surface area contributed by atoms with Gasteiger partial charge in [0.15, 0.2) is 0 Å². The Bertz CT molecular complexity index is 1290. The molecule has 2 unspecified atom stereocenters. The van der Waals surface area contributed by atoms with Crippen LogP contribution in [0.4, 0.5) is 0 Å². The van der Waals surface area contributed by atoms with Crippen molar-refractivity contribution in [2.24, 2.45) is 5.92 Å². The summed E-state index contributed by atoms with van der Waals surface area (Å²) in [5, 5.41) is 6.02. The van der Waals surface area contributed by atoms with E-state index in [0.717, 1.165) is 16.8 Å². The van der Waals surface area contributed by atoms with Crippen LogP contribution in [0.5, 0.6) is 5.75 Å². The number of hydrogen-bond acceptors (Lipinski definition) is 8. The molecule has 9 nitrogen and oxygen atoms in total. The van der Waals surface area contributed by atoms with E-state index < -0.39 is 17.6 Å². The first-order valence-electron chi connectivity index (χ1n) is 14.2. The van der Waals surface area contributed by atoms with Gasteiger partial charge in [-0.1, -0.05) is 37.3 Å². The summed E-state index contributed by atoms with van der Waals surface area (Å²) in [6, 6.07) is 19.8. The Kier molecular flexibility index (Phi) is 12.0. The quantitative estimate of drug-likeness (QED) is 0.212. The van der Waals surface area contributed by atoms with E-state index in [9.17, 15) is 14.4 Å². The second-order valence-corrected chi connectivity index (χ2v) is 10.9. The van der Waals surface area contributed by atoms with Crippen LogP contribution >= 0.6 is 0 Å². The van der Waals surface area contributed by atoms with Crippen LogP contribution in [-0.2, 0) is 25.5 Å². The summed E-state index contributed by atoms with van der Waals surface area (Å²) in [5.41, 5.74) is 2.68. The Morgan fingerprint density at radius 2 is 1.64 bits per heavy atom. The van der Waals surface area contributed by atoms with Crippen molar-refractivity contribution in [1.82, 2.24) is 15.6 Å². The summed E-state index contributed by atoms with van der Waals surface area (Å²) in [6.07, 6.45) is 2.12. The van der Waals surface area contributed by atoms with Gasteiger partial charge in [0.2, 0.25) is 0 Å². The summed E-state index contributed by atoms with van der Waals surface area (Å²) in [5.74, 6) is -0.666. The number of ether oxygens (including phenoxy) is 3. The predicted octanol–water partition coefficient (Wildman–Crippen LogP) is 4.60. The van der Waals surface area contributed by atoms with Crippen LogP contribution in [0.25, 0.3) is 11.3 Å². The number of carbonyl (C=O) groups excluding carboxylic acids is 3. The fraction of sp³-hybridized carbons (Fsp3) is 0.394. The van der Waals surface area contributed by atoms with E-state index >= 15 is 0 Å². The van der Waals surface area contributed by atoms with E-state index in [0.29, 0.717) is 30.9 Å². The Labute approximate surface area is 248 Å². The minimum atomic E-state index is -0.616. The van der Waals surface area contributed by atoms with E-state index in [2.05, 4.69) is 15.6 Å². The molecule has 0 aliphatic rings. The molecule has 0 saturated heterocycles. The maximum absolute atomic E-state index is 12.6. The average molecular weight is 576 g/mol. The molecule has 0 bridgehead atoms. The lowest BCUT2D eigenvalue weighted by Gasteiger charge is -2.24. The van der Waals surface area contributed by atoms with E-state index in [4.69, 9.17) is 14.2 Å². The number of amides is 1. The fourth-order valence-electron chi connectivity index (χ4n) is 4.01. The van der Waals surface area contributed by atoms with Crippen LogP contribution in [0, 0.1) is 5.92 Å². The number of nitrogens with one attached hydrogen (secondary N) is 2. The van der Waals surface area contributed by atoms with Crippen LogP contribution < -0.4 is 15.4 Å². The first kappa shape index (κ1) is 32.3. The lowest BCUT2D eigenvalue weighted by atomic mass is 10.0. The minimum absolute atomic E-state index is 0.181. The van der Waals surface area contributed by atoms with E-state index in [1.807, 2.05) is 75.4 Å². The van der Waals surface area contributed by atoms with Gasteiger partial charge in [0.25, 0.3) is 5.91 Å². The van der Waals surface area contributed by atoms with Gasteiger partial charge in [-0.2, -0.15) is 0 Å². The molecule has 3 aromatic rings. The number of nitrogens with zero attached hydrogens (tertiary/aromatic N) is 1. The molecule has 42 heavy (non-hydrogen) atoms. The number of esters is 2. The molecule has 9 heteroatoms. The average Bonchev–Trinajstić information content (AvgIpc) is 2.97. The number of hydrogen-bond donors (Lipinski definition) is 2. The number of aromatic nitrogens is 1. The molecule has 1 heterocycles. The van der Waals surface area contributed by atoms with E-state index in [1.54, 1.807) is 32.2 Å². The predicted molar refractivity (Wildman–Crippen MR) is 161 cm³/mol. The third-order valence-corrected chi connectivity index (χ3v) is 6.18. The second kappa shape index (κ2) is 15.7. The van der Waals surface area contributed by atoms with Gasteiger partial charge >= 0.3 is 11.9 Å². The molecule has 0 saturated carbocycles. The number of rotatable bonds is 14. The number of benzene rings is 2. The fourth-order valence-corrected chi connectivity index (χ4v) is 4.01. The Morgan fingerprint density at radius 3 is 2.26 bits per heavy atom. The normalized spacial score (nSPS) is 12.6. The highest BCUT2D eigenvalue weighted by Crippen LogP contribution is 2.17. The molecule has 1 aromatic heterocycles. The highest BCUT2D eigenvalue weighted by atomic mass is 16.6. The van der Waals surface area contributed by atoms with E-state index in [1.165, 1.54) is 0 Å². The van der Waals surface area contributed by atoms with Gasteiger partial charge in [-0.25, -0.2) is 0 Å². The van der Waals surface area contributed by atoms with Gasteiger partial charge in [-0.3, -0.25) is 19.4 Å². The summed E-state index contributed by atoms with van der Waals surface area (Å²) in [7, 11) is 0. The first-order valence-corrected chi connectivity index (χ1v) is 14.2. The standard InChI is InChI=1S/C33H41N3O6/c1-6-40-32(39)29(36-22-23(2)31(38)42-33(3,4)5)21-24-10-16-27(17-11-24)41-20-19-35-30(37)26-14-12-25(13-15-26)28-9-7-8-18-34-28/h7-18,23,29,36H,6,19-22H2,1-5H3,(H,35,37). The molecule has 2 N–H and O–H groups in total. The van der Waals surface area contributed by atoms with Crippen LogP contribution in [0.2, 0.25) is 0 Å². The lowest BCUT2D eigenvalue weighted by Crippen LogP contribution is -2.43. The Morgan fingerprint density at radius 1 is 0.929 bits per heavy atom. The molecule has 2 atom stereocenters. The largest absolute Gasteiger partial charge is 0.492 e. The van der Waals surface area contributed by atoms with Crippen molar-refractivity contribution in [3.05, 3.63) is 84.1 Å². The molecule has 0 aliphatic heterocycles. The lowest BCUT2D eigenvalue weighted by molar-refractivity contribution is -0.159. The Balaban J connectivity index is 1.45. The molecule has 3 rings (SSSR count). The van der Waals surface area contributed by atoms with Crippen molar-refractivity contribution >= 4 is 17.8 Å². The summed E-state index contributed by atoms with van der Waals surface area (Å²) >= 11 is 0. The zero-order chi connectivity index (χ0) is 30.5. The van der Waals surface area contributed by atoms with Crippen molar-refractivity contribution in [1.29, 1.82) is 0 Å². The highest BCUT2D eigenvalue weighted by Gasteiger charge is 2.25. The number of carbonyl (C=O) groups is 3. The highest BCUT2D eigenvalue weighted by molar-refractivity contribution is 5.94. The zero-order valence-corrected chi connectivity index (χ0v) is 25.0. The van der Waals surface area contributed by atoms with Gasteiger partial charge in [-0.15, -0.1) is 0 Å². The van der Waals surface area contributed by atoms with Crippen LogP contribution in [0.15, 0.2) is 72.9 Å². The van der Waals surface area contributed by atoms with Gasteiger partial charge in [0.05, 0.1) is 24.8 Å². The monoisotopic (exact) mass is 575 g/mol. The van der Waals surface area contributed by atoms with Crippen molar-refractivity contribution in [2.45, 2.75) is 52.7 Å². The smallest absolute Gasteiger partial charge is 0.323 e. The van der Waals surface area contributed by atoms with Crippen LogP contribution in [0.1, 0.15) is 50.5 Å². The minimum Gasteiger partial charge on any atom is -0.492 e. The molecular formula is C33H41N3O6. The van der Waals surface area contributed by atoms with Crippen molar-refractivity contribution < 1.29 is 28.6 Å². The van der Waals surface area contributed by atoms with Gasteiger partial charge in [0, 0.05) is 23.9 Å². The molecule has 0 aliphatic carbocycles. The molecule has 0 fully saturated rings. The summed E-state index contributed by atoms with van der Waals surface area (Å²) in [6.45, 7) is 10.2. The summed E-state index contributed by atoms with van der Waals surface area (Å²) < 4.78 is 16.4. The third kappa shape index (κ3) is 10.6. The van der Waals surface area contributed by atoms with Gasteiger partial charge in [-0.05, 0) is 76.1 Å². The molecule has 0 spiro atoms. The van der Waals surface area contributed by atoms with Crippen molar-refractivity contribution in [3.63, 3.8) is 0 Å². The molecule has 0 radical (unpaired) electrons. The Hall–Kier alpha value is -4.24. The third-order valence-electron chi connectivity index (χ3n) is 6.18. The second-order valence-electron chi connectivity index (χ2n) is 10.9. The van der Waals surface area contributed by atoms with Gasteiger partial charge in [0.1, 0.15) is 24.0 Å². The maximum Gasteiger partial charge on any atom is 0.323 e. The molecule has 2 aromatic carbocycles. The zero-order valence-electron chi connectivity index (χ0n) is 25.0. The molecular weight excluding hydrogens is 534 g/mol. The van der Waals surface area contributed by atoms with Gasteiger partial charge < -0.3 is 24.8 Å². The van der Waals surface area contributed by atoms with Crippen molar-refractivity contribution in [2.75, 3.05) is 26.3 Å². The van der Waals surface area contributed by atoms with Crippen LogP contribution in [-0.4, -0.2) is 60.8 Å². The topological polar surface area (TPSA) is 116 Å². The summed E-state index contributed by atoms with van der Waals surface area (Å²) in [4.78, 5) is 41.7. The maximum atomic E-state index is 12.6. The first-order chi connectivity index (χ1) is 20.1. The van der Waals surface area contributed by atoms with E-state index in [-0.39, 0.29) is 31.0 Å². The van der Waals surface area contributed by atoms with Crippen LogP contribution in [0.3, 0.4) is 0 Å². The SMILES string of the molecule is CCOC(=O)C(Cc1ccc(OCCNC(=O)c2ccc(-c3ccccn3)cc2)cc1)NCC(C)C(=O)OC(C)(C)C. The van der Waals surface area contributed by atoms with Crippen molar-refractivity contribution in [3.8, 4) is 17.0 Å². The molecule has 1 amide bonds. The molecule has 224 valence electrons. The number of pyridine rings is 1.